The number of halogens is 1. The van der Waals surface area contributed by atoms with Crippen molar-refractivity contribution < 1.29 is 5.11 Å². The average Bonchev–Trinajstić information content (AvgIpc) is 3.34. The third kappa shape index (κ3) is 3.61. The van der Waals surface area contributed by atoms with Crippen LogP contribution in [0.25, 0.3) is 5.69 Å². The highest BCUT2D eigenvalue weighted by atomic mass is 35.5. The SMILES string of the molecule is O=c1c(Cl)c(N2CCCC2CN2CCCC2CO)cnn1-c1ccccc1. The Bertz CT molecular complexity index is 842. The second kappa shape index (κ2) is 8.00. The molecule has 0 bridgehead atoms. The standard InChI is InChI=1S/C20H25ClN4O2/c21-19-18(12-22-25(20(19)27)15-6-2-1-3-7-15)24-11-5-8-16(24)13-23-10-4-9-17(23)14-26/h1-3,6-7,12,16-17,26H,4-5,8-11,13-14H2. The highest BCUT2D eigenvalue weighted by Crippen LogP contribution is 2.31. The monoisotopic (exact) mass is 388 g/mol. The van der Waals surface area contributed by atoms with Gasteiger partial charge in [-0.25, -0.2) is 0 Å². The van der Waals surface area contributed by atoms with Crippen molar-refractivity contribution in [2.45, 2.75) is 37.8 Å². The molecule has 0 amide bonds. The zero-order valence-electron chi connectivity index (χ0n) is 15.3. The Hall–Kier alpha value is -1.89. The summed E-state index contributed by atoms with van der Waals surface area (Å²) in [4.78, 5) is 17.4. The van der Waals surface area contributed by atoms with E-state index in [4.69, 9.17) is 11.6 Å². The summed E-state index contributed by atoms with van der Waals surface area (Å²) in [5, 5.41) is 14.2. The number of aliphatic hydroxyl groups excluding tert-OH is 1. The number of para-hydroxylation sites is 1. The molecule has 2 aromatic rings. The van der Waals surface area contributed by atoms with Gasteiger partial charge in [0, 0.05) is 25.2 Å². The molecular weight excluding hydrogens is 364 g/mol. The van der Waals surface area contributed by atoms with Crippen LogP contribution in [0.4, 0.5) is 5.69 Å². The van der Waals surface area contributed by atoms with Gasteiger partial charge in [-0.15, -0.1) is 0 Å². The minimum atomic E-state index is -0.291. The molecule has 144 valence electrons. The first-order valence-corrected chi connectivity index (χ1v) is 10.0. The van der Waals surface area contributed by atoms with Crippen molar-refractivity contribution in [3.8, 4) is 5.69 Å². The minimum Gasteiger partial charge on any atom is -0.395 e. The number of rotatable bonds is 5. The number of anilines is 1. The molecule has 4 rings (SSSR count). The Morgan fingerprint density at radius 2 is 1.85 bits per heavy atom. The fourth-order valence-electron chi connectivity index (χ4n) is 4.33. The third-order valence-corrected chi connectivity index (χ3v) is 6.10. The first-order chi connectivity index (χ1) is 13.2. The van der Waals surface area contributed by atoms with E-state index in [-0.39, 0.29) is 23.2 Å². The lowest BCUT2D eigenvalue weighted by atomic mass is 10.1. The zero-order valence-corrected chi connectivity index (χ0v) is 16.1. The van der Waals surface area contributed by atoms with Gasteiger partial charge in [0.25, 0.3) is 5.56 Å². The number of aromatic nitrogens is 2. The van der Waals surface area contributed by atoms with E-state index in [2.05, 4.69) is 14.9 Å². The number of benzene rings is 1. The van der Waals surface area contributed by atoms with E-state index in [1.54, 1.807) is 6.20 Å². The predicted octanol–water partition coefficient (Wildman–Crippen LogP) is 2.31. The number of hydrogen-bond acceptors (Lipinski definition) is 5. The molecule has 7 heteroatoms. The largest absolute Gasteiger partial charge is 0.395 e. The average molecular weight is 389 g/mol. The van der Waals surface area contributed by atoms with Crippen LogP contribution in [-0.4, -0.2) is 58.1 Å². The van der Waals surface area contributed by atoms with Gasteiger partial charge in [0.15, 0.2) is 0 Å². The number of aliphatic hydroxyl groups is 1. The van der Waals surface area contributed by atoms with Crippen molar-refractivity contribution in [2.24, 2.45) is 0 Å². The van der Waals surface area contributed by atoms with Crippen molar-refractivity contribution in [1.82, 2.24) is 14.7 Å². The smallest absolute Gasteiger partial charge is 0.292 e. The van der Waals surface area contributed by atoms with Crippen LogP contribution in [0.15, 0.2) is 41.3 Å². The van der Waals surface area contributed by atoms with Gasteiger partial charge in [-0.05, 0) is 44.4 Å². The highest BCUT2D eigenvalue weighted by molar-refractivity contribution is 6.33. The van der Waals surface area contributed by atoms with E-state index in [0.29, 0.717) is 11.7 Å². The summed E-state index contributed by atoms with van der Waals surface area (Å²) >= 11 is 6.50. The Kier molecular flexibility index (Phi) is 5.48. The molecule has 2 aliphatic rings. The van der Waals surface area contributed by atoms with E-state index in [1.165, 1.54) is 4.68 Å². The van der Waals surface area contributed by atoms with E-state index >= 15 is 0 Å². The van der Waals surface area contributed by atoms with E-state index in [0.717, 1.165) is 51.0 Å². The van der Waals surface area contributed by atoms with Crippen LogP contribution in [-0.2, 0) is 0 Å². The Morgan fingerprint density at radius 3 is 2.63 bits per heavy atom. The van der Waals surface area contributed by atoms with Gasteiger partial charge in [-0.1, -0.05) is 29.8 Å². The number of hydrogen-bond donors (Lipinski definition) is 1. The van der Waals surface area contributed by atoms with E-state index < -0.39 is 0 Å². The van der Waals surface area contributed by atoms with Crippen LogP contribution in [0, 0.1) is 0 Å². The van der Waals surface area contributed by atoms with Crippen molar-refractivity contribution in [3.05, 3.63) is 51.9 Å². The van der Waals surface area contributed by atoms with Crippen LogP contribution in [0.5, 0.6) is 0 Å². The van der Waals surface area contributed by atoms with Crippen molar-refractivity contribution in [2.75, 3.05) is 31.1 Å². The molecule has 1 aromatic carbocycles. The molecule has 27 heavy (non-hydrogen) atoms. The maximum atomic E-state index is 12.8. The molecule has 1 aromatic heterocycles. The molecule has 0 saturated carbocycles. The fraction of sp³-hybridized carbons (Fsp3) is 0.500. The van der Waals surface area contributed by atoms with Crippen LogP contribution in [0.3, 0.4) is 0 Å². The van der Waals surface area contributed by atoms with Crippen molar-refractivity contribution >= 4 is 17.3 Å². The molecule has 1 N–H and O–H groups in total. The summed E-state index contributed by atoms with van der Waals surface area (Å²) in [6.45, 7) is 3.00. The molecule has 0 spiro atoms. The second-order valence-electron chi connectivity index (χ2n) is 7.36. The lowest BCUT2D eigenvalue weighted by Crippen LogP contribution is -2.44. The van der Waals surface area contributed by atoms with Gasteiger partial charge in [0.05, 0.1) is 24.2 Å². The Balaban J connectivity index is 1.59. The summed E-state index contributed by atoms with van der Waals surface area (Å²) < 4.78 is 1.35. The van der Waals surface area contributed by atoms with Crippen LogP contribution in [0.1, 0.15) is 25.7 Å². The van der Waals surface area contributed by atoms with Gasteiger partial charge in [-0.2, -0.15) is 9.78 Å². The number of likely N-dealkylation sites (tertiary alicyclic amines) is 1. The number of nitrogens with zero attached hydrogens (tertiary/aromatic N) is 4. The summed E-state index contributed by atoms with van der Waals surface area (Å²) in [5.74, 6) is 0. The summed E-state index contributed by atoms with van der Waals surface area (Å²) in [6.07, 6.45) is 6.03. The molecule has 0 aliphatic carbocycles. The lowest BCUT2D eigenvalue weighted by molar-refractivity contribution is 0.153. The molecule has 6 nitrogen and oxygen atoms in total. The highest BCUT2D eigenvalue weighted by Gasteiger charge is 2.32. The summed E-state index contributed by atoms with van der Waals surface area (Å²) in [7, 11) is 0. The van der Waals surface area contributed by atoms with Gasteiger partial charge in [0.1, 0.15) is 5.02 Å². The van der Waals surface area contributed by atoms with Crippen LogP contribution < -0.4 is 10.5 Å². The quantitative estimate of drug-likeness (QED) is 0.851. The second-order valence-corrected chi connectivity index (χ2v) is 7.74. The van der Waals surface area contributed by atoms with Crippen molar-refractivity contribution in [1.29, 1.82) is 0 Å². The normalized spacial score (nSPS) is 23.3. The van der Waals surface area contributed by atoms with Gasteiger partial charge in [0.2, 0.25) is 0 Å². The molecule has 2 aliphatic heterocycles. The maximum Gasteiger partial charge on any atom is 0.292 e. The first kappa shape index (κ1) is 18.5. The van der Waals surface area contributed by atoms with Crippen molar-refractivity contribution in [3.63, 3.8) is 0 Å². The van der Waals surface area contributed by atoms with E-state index in [9.17, 15) is 9.90 Å². The molecule has 0 radical (unpaired) electrons. The topological polar surface area (TPSA) is 61.6 Å². The Labute approximate surface area is 164 Å². The fourth-order valence-corrected chi connectivity index (χ4v) is 4.57. The van der Waals surface area contributed by atoms with Crippen LogP contribution >= 0.6 is 11.6 Å². The molecule has 2 fully saturated rings. The first-order valence-electron chi connectivity index (χ1n) is 9.64. The maximum absolute atomic E-state index is 12.8. The van der Waals surface area contributed by atoms with Gasteiger partial charge in [-0.3, -0.25) is 9.69 Å². The molecule has 2 unspecified atom stereocenters. The zero-order chi connectivity index (χ0) is 18.8. The summed E-state index contributed by atoms with van der Waals surface area (Å²) in [6, 6.07) is 9.87. The molecular formula is C20H25ClN4O2. The minimum absolute atomic E-state index is 0.210. The van der Waals surface area contributed by atoms with Crippen LogP contribution in [0.2, 0.25) is 5.02 Å². The van der Waals surface area contributed by atoms with Gasteiger partial charge < -0.3 is 10.0 Å². The van der Waals surface area contributed by atoms with Gasteiger partial charge >= 0.3 is 0 Å². The lowest BCUT2D eigenvalue weighted by Gasteiger charge is -2.32. The third-order valence-electron chi connectivity index (χ3n) is 5.74. The molecule has 2 saturated heterocycles. The predicted molar refractivity (Wildman–Crippen MR) is 107 cm³/mol. The summed E-state index contributed by atoms with van der Waals surface area (Å²) in [5.41, 5.74) is 1.13. The Morgan fingerprint density at radius 1 is 1.11 bits per heavy atom. The van der Waals surface area contributed by atoms with E-state index in [1.807, 2.05) is 30.3 Å². The molecule has 3 heterocycles. The molecule has 2 atom stereocenters.